The largest absolute Gasteiger partial charge is 0.360 e. The molecule has 3 aromatic heterocycles. The first-order chi connectivity index (χ1) is 12.3. The van der Waals surface area contributed by atoms with Gasteiger partial charge in [-0.25, -0.2) is 19.9 Å². The quantitative estimate of drug-likeness (QED) is 0.745. The minimum atomic E-state index is -0.256. The highest BCUT2D eigenvalue weighted by Gasteiger charge is 2.26. The molecule has 8 heteroatoms. The van der Waals surface area contributed by atoms with E-state index in [2.05, 4.69) is 35.1 Å². The van der Waals surface area contributed by atoms with Gasteiger partial charge >= 0.3 is 0 Å². The lowest BCUT2D eigenvalue weighted by atomic mass is 10.2. The third-order valence-corrected chi connectivity index (χ3v) is 4.09. The summed E-state index contributed by atoms with van der Waals surface area (Å²) in [5.74, 6) is 0.597. The van der Waals surface area contributed by atoms with Crippen LogP contribution in [0.2, 0.25) is 0 Å². The van der Waals surface area contributed by atoms with Gasteiger partial charge in [0, 0.05) is 43.9 Å². The van der Waals surface area contributed by atoms with Crippen LogP contribution in [0.3, 0.4) is 0 Å². The molecule has 0 saturated carbocycles. The van der Waals surface area contributed by atoms with Crippen molar-refractivity contribution in [3.05, 3.63) is 54.9 Å². The number of aromatic nitrogens is 5. The molecule has 25 heavy (non-hydrogen) atoms. The molecule has 2 N–H and O–H groups in total. The molecular weight excluding hydrogens is 318 g/mol. The highest BCUT2D eigenvalue weighted by atomic mass is 16.2. The number of nitrogens with zero attached hydrogens (tertiary/aromatic N) is 5. The Labute approximate surface area is 144 Å². The molecule has 8 nitrogen and oxygen atoms in total. The Morgan fingerprint density at radius 2 is 2.04 bits per heavy atom. The van der Waals surface area contributed by atoms with Crippen molar-refractivity contribution >= 4 is 11.9 Å². The van der Waals surface area contributed by atoms with E-state index in [0.717, 1.165) is 24.4 Å². The predicted molar refractivity (Wildman–Crippen MR) is 91.9 cm³/mol. The third-order valence-electron chi connectivity index (χ3n) is 4.09. The zero-order chi connectivity index (χ0) is 17.1. The van der Waals surface area contributed by atoms with Gasteiger partial charge in [0.25, 0.3) is 5.91 Å². The van der Waals surface area contributed by atoms with E-state index in [-0.39, 0.29) is 17.8 Å². The monoisotopic (exact) mass is 335 g/mol. The Hall–Kier alpha value is -3.29. The third kappa shape index (κ3) is 3.32. The van der Waals surface area contributed by atoms with E-state index in [1.54, 1.807) is 24.7 Å². The van der Waals surface area contributed by atoms with E-state index in [1.165, 1.54) is 0 Å². The van der Waals surface area contributed by atoms with E-state index >= 15 is 0 Å². The van der Waals surface area contributed by atoms with Crippen molar-refractivity contribution in [2.75, 3.05) is 18.0 Å². The van der Waals surface area contributed by atoms with Gasteiger partial charge in [-0.15, -0.1) is 0 Å². The molecule has 1 amide bonds. The average molecular weight is 335 g/mol. The molecule has 1 atom stereocenters. The Kier molecular flexibility index (Phi) is 4.07. The molecule has 3 aromatic rings. The fourth-order valence-electron chi connectivity index (χ4n) is 2.87. The van der Waals surface area contributed by atoms with Crippen molar-refractivity contribution in [1.29, 1.82) is 0 Å². The van der Waals surface area contributed by atoms with Gasteiger partial charge in [-0.3, -0.25) is 4.79 Å². The van der Waals surface area contributed by atoms with Crippen molar-refractivity contribution in [2.24, 2.45) is 0 Å². The zero-order valence-corrected chi connectivity index (χ0v) is 13.5. The van der Waals surface area contributed by atoms with Crippen molar-refractivity contribution < 1.29 is 4.79 Å². The van der Waals surface area contributed by atoms with Crippen LogP contribution in [-0.4, -0.2) is 50.0 Å². The van der Waals surface area contributed by atoms with Crippen LogP contribution in [0.25, 0.3) is 11.4 Å². The van der Waals surface area contributed by atoms with Crippen LogP contribution in [0.1, 0.15) is 17.0 Å². The summed E-state index contributed by atoms with van der Waals surface area (Å²) >= 11 is 0. The van der Waals surface area contributed by atoms with Gasteiger partial charge in [0.1, 0.15) is 0 Å². The summed E-state index contributed by atoms with van der Waals surface area (Å²) in [5, 5.41) is 2.97. The zero-order valence-electron chi connectivity index (χ0n) is 13.5. The summed E-state index contributed by atoms with van der Waals surface area (Å²) in [6, 6.07) is 7.48. The SMILES string of the molecule is O=C(NC1CCN(c2nccc(-c3ccc[nH]3)n2)C1)c1ncccn1. The van der Waals surface area contributed by atoms with Crippen LogP contribution in [0.4, 0.5) is 5.95 Å². The summed E-state index contributed by atoms with van der Waals surface area (Å²) in [4.78, 5) is 34.3. The number of aromatic amines is 1. The van der Waals surface area contributed by atoms with Gasteiger partial charge in [0.2, 0.25) is 11.8 Å². The van der Waals surface area contributed by atoms with Gasteiger partial charge in [0.05, 0.1) is 11.4 Å². The Balaban J connectivity index is 1.43. The normalized spacial score (nSPS) is 16.8. The molecule has 126 valence electrons. The molecule has 0 bridgehead atoms. The number of hydrogen-bond acceptors (Lipinski definition) is 6. The number of hydrogen-bond donors (Lipinski definition) is 2. The summed E-state index contributed by atoms with van der Waals surface area (Å²) in [7, 11) is 0. The first-order valence-electron chi connectivity index (χ1n) is 8.09. The van der Waals surface area contributed by atoms with Crippen LogP contribution in [-0.2, 0) is 0 Å². The second kappa shape index (κ2) is 6.68. The summed E-state index contributed by atoms with van der Waals surface area (Å²) in [5.41, 5.74) is 1.80. The van der Waals surface area contributed by atoms with E-state index in [1.807, 2.05) is 24.4 Å². The van der Waals surface area contributed by atoms with Crippen LogP contribution in [0, 0.1) is 0 Å². The highest BCUT2D eigenvalue weighted by molar-refractivity contribution is 5.90. The predicted octanol–water partition coefficient (Wildman–Crippen LogP) is 1.27. The maximum absolute atomic E-state index is 12.2. The number of carbonyl (C=O) groups excluding carboxylic acids is 1. The Bertz CT molecular complexity index is 850. The van der Waals surface area contributed by atoms with Crippen LogP contribution in [0.15, 0.2) is 49.1 Å². The van der Waals surface area contributed by atoms with Gasteiger partial charge < -0.3 is 15.2 Å². The van der Waals surface area contributed by atoms with E-state index in [4.69, 9.17) is 0 Å². The van der Waals surface area contributed by atoms with Gasteiger partial charge in [-0.2, -0.15) is 0 Å². The molecule has 1 aliphatic heterocycles. The van der Waals surface area contributed by atoms with Crippen molar-refractivity contribution in [2.45, 2.75) is 12.5 Å². The van der Waals surface area contributed by atoms with Crippen molar-refractivity contribution in [3.8, 4) is 11.4 Å². The van der Waals surface area contributed by atoms with E-state index in [9.17, 15) is 4.79 Å². The molecule has 1 unspecified atom stereocenters. The smallest absolute Gasteiger partial charge is 0.289 e. The standard InChI is InChI=1S/C17H17N7O/c25-16(15-19-7-2-8-20-15)22-12-5-10-24(11-12)17-21-9-4-14(23-17)13-3-1-6-18-13/h1-4,6-9,12,18H,5,10-11H2,(H,22,25). The number of nitrogens with one attached hydrogen (secondary N) is 2. The maximum Gasteiger partial charge on any atom is 0.289 e. The van der Waals surface area contributed by atoms with Gasteiger partial charge in [0.15, 0.2) is 0 Å². The molecular formula is C17H17N7O. The van der Waals surface area contributed by atoms with Gasteiger partial charge in [-0.05, 0) is 30.7 Å². The lowest BCUT2D eigenvalue weighted by molar-refractivity contribution is 0.0930. The van der Waals surface area contributed by atoms with Crippen molar-refractivity contribution in [1.82, 2.24) is 30.2 Å². The van der Waals surface area contributed by atoms with Crippen molar-refractivity contribution in [3.63, 3.8) is 0 Å². The van der Waals surface area contributed by atoms with Crippen LogP contribution in [0.5, 0.6) is 0 Å². The molecule has 4 heterocycles. The molecule has 1 fully saturated rings. The minimum absolute atomic E-state index is 0.0223. The number of rotatable bonds is 4. The number of anilines is 1. The lowest BCUT2D eigenvalue weighted by Gasteiger charge is -2.17. The molecule has 1 aliphatic rings. The molecule has 0 aromatic carbocycles. The number of carbonyl (C=O) groups is 1. The maximum atomic E-state index is 12.2. The molecule has 0 aliphatic carbocycles. The fraction of sp³-hybridized carbons (Fsp3) is 0.235. The molecule has 4 rings (SSSR count). The average Bonchev–Trinajstić information content (AvgIpc) is 3.35. The Morgan fingerprint density at radius 1 is 1.16 bits per heavy atom. The molecule has 0 radical (unpaired) electrons. The first-order valence-corrected chi connectivity index (χ1v) is 8.09. The minimum Gasteiger partial charge on any atom is -0.360 e. The van der Waals surface area contributed by atoms with Crippen LogP contribution < -0.4 is 10.2 Å². The Morgan fingerprint density at radius 3 is 2.84 bits per heavy atom. The second-order valence-corrected chi connectivity index (χ2v) is 5.80. The van der Waals surface area contributed by atoms with Crippen LogP contribution >= 0.6 is 0 Å². The topological polar surface area (TPSA) is 99.7 Å². The van der Waals surface area contributed by atoms with E-state index in [0.29, 0.717) is 12.5 Å². The lowest BCUT2D eigenvalue weighted by Crippen LogP contribution is -2.38. The number of H-pyrrole nitrogens is 1. The summed E-state index contributed by atoms with van der Waals surface area (Å²) in [6.07, 6.45) is 7.56. The first kappa shape index (κ1) is 15.3. The van der Waals surface area contributed by atoms with Gasteiger partial charge in [-0.1, -0.05) is 0 Å². The molecule has 1 saturated heterocycles. The summed E-state index contributed by atoms with van der Waals surface area (Å²) in [6.45, 7) is 1.45. The van der Waals surface area contributed by atoms with E-state index < -0.39 is 0 Å². The summed E-state index contributed by atoms with van der Waals surface area (Å²) < 4.78 is 0. The molecule has 0 spiro atoms. The fourth-order valence-corrected chi connectivity index (χ4v) is 2.87. The number of amides is 1. The highest BCUT2D eigenvalue weighted by Crippen LogP contribution is 2.20. The second-order valence-electron chi connectivity index (χ2n) is 5.80.